The van der Waals surface area contributed by atoms with Crippen LogP contribution >= 0.6 is 0 Å². The van der Waals surface area contributed by atoms with Crippen LogP contribution in [0, 0.1) is 0 Å². The van der Waals surface area contributed by atoms with Gasteiger partial charge in [0.25, 0.3) is 0 Å². The largest absolute Gasteiger partial charge is 0.229 e. The molecule has 3 nitrogen and oxygen atoms in total. The molecule has 0 unspecified atom stereocenters. The molecule has 0 spiro atoms. The van der Waals surface area contributed by atoms with Crippen molar-refractivity contribution in [3.05, 3.63) is 30.3 Å². The first kappa shape index (κ1) is 14.0. The Kier molecular flexibility index (Phi) is 5.41. The molecule has 0 aromatic heterocycles. The van der Waals surface area contributed by atoms with Gasteiger partial charge in [0.1, 0.15) is 9.84 Å². The minimum atomic E-state index is -3.00. The maximum atomic E-state index is 13.5. The summed E-state index contributed by atoms with van der Waals surface area (Å²) >= 11 is 0. The lowest BCUT2D eigenvalue weighted by molar-refractivity contribution is 0.432. The van der Waals surface area contributed by atoms with Gasteiger partial charge in [-0.1, -0.05) is 29.6 Å². The normalized spacial score (nSPS) is 11.4. The Labute approximate surface area is 102 Å². The third kappa shape index (κ3) is 5.17. The van der Waals surface area contributed by atoms with Crippen molar-refractivity contribution in [1.29, 1.82) is 0 Å². The molecular weight excluding hydrogens is 241 g/mol. The minimum absolute atomic E-state index is 0.0497. The van der Waals surface area contributed by atoms with Gasteiger partial charge in [-0.15, -0.1) is 0 Å². The molecule has 0 saturated carbocycles. The predicted octanol–water partition coefficient (Wildman–Crippen LogP) is 2.59. The standard InChI is InChI=1S/C12H18FNO2S/c1-2-10-17(15,16)11-6-9-14(13)12-7-4-3-5-8-12/h3-5,7-8H,2,6,9-11H2,1H3. The van der Waals surface area contributed by atoms with Gasteiger partial charge in [0, 0.05) is 5.75 Å². The molecule has 1 aromatic rings. The fourth-order valence-electron chi connectivity index (χ4n) is 1.56. The zero-order valence-electron chi connectivity index (χ0n) is 9.97. The second-order valence-corrected chi connectivity index (χ2v) is 6.23. The average Bonchev–Trinajstić information content (AvgIpc) is 2.29. The molecule has 0 atom stereocenters. The fraction of sp³-hybridized carbons (Fsp3) is 0.500. The van der Waals surface area contributed by atoms with Crippen LogP contribution in [0.2, 0.25) is 0 Å². The molecule has 0 fully saturated rings. The number of para-hydroxylation sites is 1. The summed E-state index contributed by atoms with van der Waals surface area (Å²) < 4.78 is 36.3. The second-order valence-electron chi connectivity index (χ2n) is 3.93. The first-order valence-electron chi connectivity index (χ1n) is 5.74. The maximum Gasteiger partial charge on any atom is 0.150 e. The van der Waals surface area contributed by atoms with Crippen LogP contribution in [0.15, 0.2) is 30.3 Å². The fourth-order valence-corrected chi connectivity index (χ4v) is 2.95. The Balaban J connectivity index is 2.37. The Bertz CT molecular complexity index is 419. The van der Waals surface area contributed by atoms with Crippen molar-refractivity contribution in [2.45, 2.75) is 19.8 Å². The molecule has 0 aliphatic carbocycles. The third-order valence-electron chi connectivity index (χ3n) is 2.36. The molecule has 0 saturated heterocycles. The van der Waals surface area contributed by atoms with E-state index in [2.05, 4.69) is 0 Å². The molecule has 1 rings (SSSR count). The summed E-state index contributed by atoms with van der Waals surface area (Å²) in [4.78, 5) is 0. The number of anilines is 1. The van der Waals surface area contributed by atoms with Crippen LogP contribution in [0.1, 0.15) is 19.8 Å². The molecule has 1 aromatic carbocycles. The molecule has 0 N–H and O–H groups in total. The predicted molar refractivity (Wildman–Crippen MR) is 68.5 cm³/mol. The topological polar surface area (TPSA) is 37.4 Å². The van der Waals surface area contributed by atoms with Crippen LogP contribution in [-0.2, 0) is 9.84 Å². The van der Waals surface area contributed by atoms with E-state index in [-0.39, 0.29) is 18.1 Å². The monoisotopic (exact) mass is 259 g/mol. The zero-order valence-corrected chi connectivity index (χ0v) is 10.8. The molecule has 0 aliphatic heterocycles. The number of halogens is 1. The summed E-state index contributed by atoms with van der Waals surface area (Å²) in [5, 5.41) is 0.585. The van der Waals surface area contributed by atoms with Crippen LogP contribution in [0.3, 0.4) is 0 Å². The van der Waals surface area contributed by atoms with E-state index in [1.165, 1.54) is 0 Å². The Morgan fingerprint density at radius 1 is 1.18 bits per heavy atom. The smallest absolute Gasteiger partial charge is 0.150 e. The van der Waals surface area contributed by atoms with Crippen molar-refractivity contribution >= 4 is 15.5 Å². The molecule has 0 amide bonds. The molecule has 0 aliphatic rings. The van der Waals surface area contributed by atoms with Crippen LogP contribution < -0.4 is 5.12 Å². The summed E-state index contributed by atoms with van der Waals surface area (Å²) in [5.74, 6) is 0.235. The molecule has 5 heteroatoms. The van der Waals surface area contributed by atoms with E-state index in [1.807, 2.05) is 13.0 Å². The molecule has 17 heavy (non-hydrogen) atoms. The number of hydrogen-bond donors (Lipinski definition) is 0. The van der Waals surface area contributed by atoms with Crippen LogP contribution in [0.5, 0.6) is 0 Å². The summed E-state index contributed by atoms with van der Waals surface area (Å²) in [6.07, 6.45) is 0.925. The van der Waals surface area contributed by atoms with E-state index < -0.39 is 9.84 Å². The Hall–Kier alpha value is -1.10. The molecule has 0 bridgehead atoms. The first-order chi connectivity index (χ1) is 8.05. The number of hydrogen-bond acceptors (Lipinski definition) is 3. The molecule has 0 heterocycles. The zero-order chi connectivity index (χ0) is 12.7. The number of benzene rings is 1. The SMILES string of the molecule is CCCS(=O)(=O)CCCN(F)c1ccccc1. The Morgan fingerprint density at radius 3 is 2.41 bits per heavy atom. The van der Waals surface area contributed by atoms with E-state index in [1.54, 1.807) is 24.3 Å². The van der Waals surface area contributed by atoms with E-state index >= 15 is 0 Å². The van der Waals surface area contributed by atoms with Gasteiger partial charge in [-0.25, -0.2) is 13.5 Å². The Morgan fingerprint density at radius 2 is 1.82 bits per heavy atom. The first-order valence-corrected chi connectivity index (χ1v) is 7.56. The summed E-state index contributed by atoms with van der Waals surface area (Å²) in [7, 11) is -3.00. The lowest BCUT2D eigenvalue weighted by Gasteiger charge is -2.13. The van der Waals surface area contributed by atoms with Crippen LogP contribution in [0.25, 0.3) is 0 Å². The molecular formula is C12H18FNO2S. The summed E-state index contributed by atoms with van der Waals surface area (Å²) in [6.45, 7) is 1.93. The number of nitrogens with zero attached hydrogens (tertiary/aromatic N) is 1. The minimum Gasteiger partial charge on any atom is -0.229 e. The maximum absolute atomic E-state index is 13.5. The van der Waals surface area contributed by atoms with E-state index in [0.717, 1.165) is 0 Å². The van der Waals surface area contributed by atoms with Gasteiger partial charge in [-0.3, -0.25) is 0 Å². The van der Waals surface area contributed by atoms with E-state index in [0.29, 0.717) is 23.7 Å². The lowest BCUT2D eigenvalue weighted by Crippen LogP contribution is -2.18. The van der Waals surface area contributed by atoms with Gasteiger partial charge in [0.2, 0.25) is 0 Å². The van der Waals surface area contributed by atoms with Gasteiger partial charge in [0.05, 0.1) is 18.0 Å². The van der Waals surface area contributed by atoms with Crippen molar-refractivity contribution in [2.24, 2.45) is 0 Å². The highest BCUT2D eigenvalue weighted by Gasteiger charge is 2.11. The van der Waals surface area contributed by atoms with Crippen LogP contribution in [0.4, 0.5) is 10.2 Å². The second kappa shape index (κ2) is 6.59. The van der Waals surface area contributed by atoms with Crippen molar-refractivity contribution in [2.75, 3.05) is 23.2 Å². The van der Waals surface area contributed by atoms with Gasteiger partial charge in [-0.2, -0.15) is 0 Å². The van der Waals surface area contributed by atoms with Crippen molar-refractivity contribution in [3.63, 3.8) is 0 Å². The highest BCUT2D eigenvalue weighted by atomic mass is 32.2. The van der Waals surface area contributed by atoms with E-state index in [4.69, 9.17) is 0 Å². The van der Waals surface area contributed by atoms with Crippen molar-refractivity contribution in [1.82, 2.24) is 0 Å². The third-order valence-corrected chi connectivity index (χ3v) is 4.30. The number of sulfone groups is 1. The highest BCUT2D eigenvalue weighted by Crippen LogP contribution is 2.13. The van der Waals surface area contributed by atoms with Gasteiger partial charge in [0.15, 0.2) is 0 Å². The summed E-state index contributed by atoms with van der Waals surface area (Å²) in [5.41, 5.74) is 0.459. The molecule has 96 valence electrons. The van der Waals surface area contributed by atoms with Gasteiger partial charge < -0.3 is 0 Å². The number of rotatable bonds is 7. The van der Waals surface area contributed by atoms with Crippen molar-refractivity contribution < 1.29 is 12.9 Å². The van der Waals surface area contributed by atoms with Crippen LogP contribution in [-0.4, -0.2) is 26.5 Å². The quantitative estimate of drug-likeness (QED) is 0.706. The van der Waals surface area contributed by atoms with Gasteiger partial charge in [-0.05, 0) is 25.0 Å². The average molecular weight is 259 g/mol. The lowest BCUT2D eigenvalue weighted by atomic mass is 10.3. The van der Waals surface area contributed by atoms with Crippen molar-refractivity contribution in [3.8, 4) is 0 Å². The van der Waals surface area contributed by atoms with Gasteiger partial charge >= 0.3 is 0 Å². The van der Waals surface area contributed by atoms with E-state index in [9.17, 15) is 12.9 Å². The molecule has 0 radical (unpaired) electrons. The highest BCUT2D eigenvalue weighted by molar-refractivity contribution is 7.91. The summed E-state index contributed by atoms with van der Waals surface area (Å²) in [6, 6.07) is 8.61.